The molecule has 1 aromatic heterocycles. The number of aryl methyl sites for hydroxylation is 1. The van der Waals surface area contributed by atoms with Crippen molar-refractivity contribution in [3.05, 3.63) is 17.5 Å². The van der Waals surface area contributed by atoms with Gasteiger partial charge in [0.1, 0.15) is 5.69 Å². The second kappa shape index (κ2) is 4.76. The van der Waals surface area contributed by atoms with Gasteiger partial charge in [0.25, 0.3) is 0 Å². The van der Waals surface area contributed by atoms with Gasteiger partial charge in [0, 0.05) is 13.2 Å². The number of carboxylic acid groups (broad SMARTS) is 1. The standard InChI is InChI=1S/C9H14N2O3/c1-3-11-8(9(12)13)5-7(10-11)6-14-4-2/h5H,3-4,6H2,1-2H3,(H,12,13). The van der Waals surface area contributed by atoms with Crippen molar-refractivity contribution < 1.29 is 14.6 Å². The fourth-order valence-corrected chi connectivity index (χ4v) is 1.16. The van der Waals surface area contributed by atoms with E-state index in [0.29, 0.717) is 25.5 Å². The molecule has 5 heteroatoms. The van der Waals surface area contributed by atoms with Crippen LogP contribution in [0.15, 0.2) is 6.07 Å². The van der Waals surface area contributed by atoms with E-state index in [1.807, 2.05) is 13.8 Å². The van der Waals surface area contributed by atoms with Crippen LogP contribution in [-0.2, 0) is 17.9 Å². The van der Waals surface area contributed by atoms with Gasteiger partial charge in [0.15, 0.2) is 0 Å². The molecule has 78 valence electrons. The molecule has 0 amide bonds. The second-order valence-electron chi connectivity index (χ2n) is 2.78. The Labute approximate surface area is 82.3 Å². The number of carboxylic acids is 1. The molecule has 1 rings (SSSR count). The van der Waals surface area contributed by atoms with E-state index in [4.69, 9.17) is 9.84 Å². The van der Waals surface area contributed by atoms with Gasteiger partial charge in [-0.25, -0.2) is 4.79 Å². The van der Waals surface area contributed by atoms with Gasteiger partial charge in [-0.1, -0.05) is 0 Å². The molecule has 0 aliphatic heterocycles. The Morgan fingerprint density at radius 1 is 1.64 bits per heavy atom. The minimum Gasteiger partial charge on any atom is -0.477 e. The molecular formula is C9H14N2O3. The maximum Gasteiger partial charge on any atom is 0.354 e. The number of ether oxygens (including phenoxy) is 1. The molecule has 0 saturated heterocycles. The van der Waals surface area contributed by atoms with Crippen LogP contribution in [0.3, 0.4) is 0 Å². The summed E-state index contributed by atoms with van der Waals surface area (Å²) in [6, 6.07) is 1.54. The predicted octanol–water partition coefficient (Wildman–Crippen LogP) is 1.14. The van der Waals surface area contributed by atoms with Gasteiger partial charge < -0.3 is 9.84 Å². The van der Waals surface area contributed by atoms with Gasteiger partial charge in [-0.15, -0.1) is 0 Å². The van der Waals surface area contributed by atoms with Crippen LogP contribution in [-0.4, -0.2) is 27.5 Å². The molecule has 0 saturated carbocycles. The van der Waals surface area contributed by atoms with Crippen LogP contribution in [0.4, 0.5) is 0 Å². The number of nitrogens with zero attached hydrogens (tertiary/aromatic N) is 2. The molecule has 5 nitrogen and oxygen atoms in total. The minimum atomic E-state index is -0.956. The third kappa shape index (κ3) is 2.32. The SMILES string of the molecule is CCOCc1cc(C(=O)O)n(CC)n1. The van der Waals surface area contributed by atoms with Crippen molar-refractivity contribution in [3.63, 3.8) is 0 Å². The Hall–Kier alpha value is -1.36. The van der Waals surface area contributed by atoms with Crippen molar-refractivity contribution in [2.75, 3.05) is 6.61 Å². The van der Waals surface area contributed by atoms with E-state index >= 15 is 0 Å². The van der Waals surface area contributed by atoms with E-state index in [0.717, 1.165) is 0 Å². The van der Waals surface area contributed by atoms with Gasteiger partial charge >= 0.3 is 5.97 Å². The zero-order valence-electron chi connectivity index (χ0n) is 8.36. The number of aromatic nitrogens is 2. The molecule has 1 aromatic rings. The van der Waals surface area contributed by atoms with Gasteiger partial charge in [-0.3, -0.25) is 4.68 Å². The number of hydrogen-bond acceptors (Lipinski definition) is 3. The van der Waals surface area contributed by atoms with Crippen molar-refractivity contribution in [1.82, 2.24) is 9.78 Å². The zero-order chi connectivity index (χ0) is 10.6. The van der Waals surface area contributed by atoms with E-state index in [1.165, 1.54) is 4.68 Å². The Morgan fingerprint density at radius 2 is 2.36 bits per heavy atom. The van der Waals surface area contributed by atoms with Crippen molar-refractivity contribution in [2.45, 2.75) is 27.0 Å². The lowest BCUT2D eigenvalue weighted by molar-refractivity contribution is 0.0683. The highest BCUT2D eigenvalue weighted by atomic mass is 16.5. The average molecular weight is 198 g/mol. The third-order valence-corrected chi connectivity index (χ3v) is 1.80. The minimum absolute atomic E-state index is 0.210. The first-order valence-corrected chi connectivity index (χ1v) is 4.56. The summed E-state index contributed by atoms with van der Waals surface area (Å²) in [4.78, 5) is 10.8. The monoisotopic (exact) mass is 198 g/mol. The van der Waals surface area contributed by atoms with E-state index in [9.17, 15) is 4.79 Å². The van der Waals surface area contributed by atoms with Crippen molar-refractivity contribution >= 4 is 5.97 Å². The average Bonchev–Trinajstić information content (AvgIpc) is 2.57. The smallest absolute Gasteiger partial charge is 0.354 e. The lowest BCUT2D eigenvalue weighted by atomic mass is 10.3. The first-order chi connectivity index (χ1) is 6.69. The van der Waals surface area contributed by atoms with E-state index in [1.54, 1.807) is 6.07 Å². The first-order valence-electron chi connectivity index (χ1n) is 4.56. The van der Waals surface area contributed by atoms with Crippen molar-refractivity contribution in [2.24, 2.45) is 0 Å². The number of rotatable bonds is 5. The topological polar surface area (TPSA) is 64.3 Å². The molecule has 0 spiro atoms. The maximum absolute atomic E-state index is 10.8. The summed E-state index contributed by atoms with van der Waals surface area (Å²) in [5.41, 5.74) is 0.869. The van der Waals surface area contributed by atoms with Crippen molar-refractivity contribution in [1.29, 1.82) is 0 Å². The zero-order valence-corrected chi connectivity index (χ0v) is 8.36. The van der Waals surface area contributed by atoms with E-state index in [-0.39, 0.29) is 5.69 Å². The summed E-state index contributed by atoms with van der Waals surface area (Å²) in [7, 11) is 0. The van der Waals surface area contributed by atoms with Gasteiger partial charge in [0.05, 0.1) is 12.3 Å². The van der Waals surface area contributed by atoms with Gasteiger partial charge in [-0.05, 0) is 19.9 Å². The summed E-state index contributed by atoms with van der Waals surface area (Å²) in [6.07, 6.45) is 0. The van der Waals surface area contributed by atoms with Crippen LogP contribution in [0.25, 0.3) is 0 Å². The number of hydrogen-bond donors (Lipinski definition) is 1. The Kier molecular flexibility index (Phi) is 3.64. The first kappa shape index (κ1) is 10.7. The third-order valence-electron chi connectivity index (χ3n) is 1.80. The summed E-state index contributed by atoms with van der Waals surface area (Å²) in [6.45, 7) is 5.25. The molecule has 0 aliphatic rings. The number of aromatic carboxylic acids is 1. The molecule has 0 aromatic carbocycles. The molecule has 1 heterocycles. The molecule has 0 radical (unpaired) electrons. The molecule has 0 atom stereocenters. The van der Waals surface area contributed by atoms with E-state index in [2.05, 4.69) is 5.10 Å². The molecule has 0 unspecified atom stereocenters. The van der Waals surface area contributed by atoms with Crippen molar-refractivity contribution in [3.8, 4) is 0 Å². The van der Waals surface area contributed by atoms with Crippen LogP contribution < -0.4 is 0 Å². The summed E-state index contributed by atoms with van der Waals surface area (Å²) in [5.74, 6) is -0.956. The van der Waals surface area contributed by atoms with Crippen LogP contribution in [0.1, 0.15) is 30.0 Å². The number of carbonyl (C=O) groups is 1. The molecule has 1 N–H and O–H groups in total. The highest BCUT2D eigenvalue weighted by molar-refractivity contribution is 5.85. The lowest BCUT2D eigenvalue weighted by Crippen LogP contribution is -2.08. The normalized spacial score (nSPS) is 10.4. The van der Waals surface area contributed by atoms with Gasteiger partial charge in [0.2, 0.25) is 0 Å². The molecule has 0 fully saturated rings. The van der Waals surface area contributed by atoms with E-state index < -0.39 is 5.97 Å². The van der Waals surface area contributed by atoms with Crippen LogP contribution in [0, 0.1) is 0 Å². The molecule has 14 heavy (non-hydrogen) atoms. The largest absolute Gasteiger partial charge is 0.477 e. The Balaban J connectivity index is 2.83. The summed E-state index contributed by atoms with van der Waals surface area (Å²) in [5, 5.41) is 12.9. The summed E-state index contributed by atoms with van der Waals surface area (Å²) < 4.78 is 6.60. The Bertz CT molecular complexity index is 320. The Morgan fingerprint density at radius 3 is 2.79 bits per heavy atom. The van der Waals surface area contributed by atoms with Gasteiger partial charge in [-0.2, -0.15) is 5.10 Å². The lowest BCUT2D eigenvalue weighted by Gasteiger charge is -1.97. The van der Waals surface area contributed by atoms with Crippen LogP contribution in [0.5, 0.6) is 0 Å². The molecular weight excluding hydrogens is 184 g/mol. The van der Waals surface area contributed by atoms with Crippen LogP contribution in [0.2, 0.25) is 0 Å². The molecule has 0 bridgehead atoms. The highest BCUT2D eigenvalue weighted by Gasteiger charge is 2.12. The summed E-state index contributed by atoms with van der Waals surface area (Å²) >= 11 is 0. The van der Waals surface area contributed by atoms with Crippen LogP contribution >= 0.6 is 0 Å². The maximum atomic E-state index is 10.8. The second-order valence-corrected chi connectivity index (χ2v) is 2.78. The molecule has 0 aliphatic carbocycles. The fraction of sp³-hybridized carbons (Fsp3) is 0.556. The fourth-order valence-electron chi connectivity index (χ4n) is 1.16. The highest BCUT2D eigenvalue weighted by Crippen LogP contribution is 2.06. The quantitative estimate of drug-likeness (QED) is 0.770. The predicted molar refractivity (Wildman–Crippen MR) is 50.2 cm³/mol.